The van der Waals surface area contributed by atoms with Gasteiger partial charge in [-0.15, -0.1) is 0 Å². The van der Waals surface area contributed by atoms with Gasteiger partial charge in [-0.1, -0.05) is 35.9 Å². The van der Waals surface area contributed by atoms with Gasteiger partial charge in [0.2, 0.25) is 11.6 Å². The van der Waals surface area contributed by atoms with E-state index in [1.54, 1.807) is 48.5 Å². The lowest BCUT2D eigenvalue weighted by Crippen LogP contribution is -2.30. The van der Waals surface area contributed by atoms with E-state index < -0.39 is 16.5 Å². The van der Waals surface area contributed by atoms with Gasteiger partial charge in [-0.05, 0) is 36.8 Å². The first kappa shape index (κ1) is 19.1. The molecule has 0 bridgehead atoms. The Morgan fingerprint density at radius 3 is 2.50 bits per heavy atom. The van der Waals surface area contributed by atoms with E-state index in [1.807, 2.05) is 6.92 Å². The standard InChI is InChI=1S/C18H15ClN6O3/c1-11-7-8-13(9-14(11)19)22-16-15(25(27)28)17(21-10-20-16)23-24-18(26)12-5-3-2-4-6-12/h2-10H,1H3,(H,24,26)(H2,20,21,22,23). The van der Waals surface area contributed by atoms with E-state index in [1.165, 1.54) is 0 Å². The van der Waals surface area contributed by atoms with Crippen LogP contribution in [0.4, 0.5) is 23.0 Å². The lowest BCUT2D eigenvalue weighted by Gasteiger charge is -2.11. The van der Waals surface area contributed by atoms with E-state index in [-0.39, 0.29) is 11.6 Å². The number of nitrogens with zero attached hydrogens (tertiary/aromatic N) is 3. The molecule has 28 heavy (non-hydrogen) atoms. The van der Waals surface area contributed by atoms with Crippen molar-refractivity contribution >= 4 is 40.5 Å². The van der Waals surface area contributed by atoms with Crippen LogP contribution < -0.4 is 16.2 Å². The fraction of sp³-hybridized carbons (Fsp3) is 0.0556. The van der Waals surface area contributed by atoms with Crippen molar-refractivity contribution in [2.24, 2.45) is 0 Å². The topological polar surface area (TPSA) is 122 Å². The lowest BCUT2D eigenvalue weighted by atomic mass is 10.2. The monoisotopic (exact) mass is 398 g/mol. The van der Waals surface area contributed by atoms with Crippen molar-refractivity contribution in [1.82, 2.24) is 15.4 Å². The van der Waals surface area contributed by atoms with Gasteiger partial charge in [-0.3, -0.25) is 25.8 Å². The third-order valence-corrected chi connectivity index (χ3v) is 4.18. The molecule has 9 nitrogen and oxygen atoms in total. The zero-order valence-corrected chi connectivity index (χ0v) is 15.4. The number of amides is 1. The first-order valence-corrected chi connectivity index (χ1v) is 8.47. The number of rotatable bonds is 6. The van der Waals surface area contributed by atoms with Crippen LogP contribution >= 0.6 is 11.6 Å². The average Bonchev–Trinajstić information content (AvgIpc) is 2.69. The van der Waals surface area contributed by atoms with E-state index in [0.29, 0.717) is 16.3 Å². The maximum Gasteiger partial charge on any atom is 0.355 e. The Bertz CT molecular complexity index is 1030. The molecule has 1 heterocycles. The summed E-state index contributed by atoms with van der Waals surface area (Å²) in [5, 5.41) is 14.9. The molecule has 0 saturated heterocycles. The van der Waals surface area contributed by atoms with Crippen molar-refractivity contribution in [3.63, 3.8) is 0 Å². The highest BCUT2D eigenvalue weighted by Gasteiger charge is 2.23. The van der Waals surface area contributed by atoms with Crippen LogP contribution in [-0.2, 0) is 0 Å². The quantitative estimate of drug-likeness (QED) is 0.425. The van der Waals surface area contributed by atoms with E-state index in [2.05, 4.69) is 26.1 Å². The molecule has 3 N–H and O–H groups in total. The van der Waals surface area contributed by atoms with Crippen LogP contribution in [-0.4, -0.2) is 20.8 Å². The molecule has 0 aliphatic carbocycles. The second-order valence-electron chi connectivity index (χ2n) is 5.71. The van der Waals surface area contributed by atoms with Gasteiger partial charge in [0.25, 0.3) is 5.91 Å². The SMILES string of the molecule is Cc1ccc(Nc2ncnc(NNC(=O)c3ccccc3)c2[N+](=O)[O-])cc1Cl. The Kier molecular flexibility index (Phi) is 5.66. The Hall–Kier alpha value is -3.72. The molecular weight excluding hydrogens is 384 g/mol. The first-order valence-electron chi connectivity index (χ1n) is 8.09. The third kappa shape index (κ3) is 4.33. The zero-order chi connectivity index (χ0) is 20.1. The van der Waals surface area contributed by atoms with Gasteiger partial charge in [0.15, 0.2) is 0 Å². The number of hydrazine groups is 1. The van der Waals surface area contributed by atoms with Crippen LogP contribution in [0.15, 0.2) is 54.9 Å². The van der Waals surface area contributed by atoms with Crippen LogP contribution in [0.1, 0.15) is 15.9 Å². The van der Waals surface area contributed by atoms with Gasteiger partial charge in [0.05, 0.1) is 4.92 Å². The van der Waals surface area contributed by atoms with Gasteiger partial charge in [0.1, 0.15) is 6.33 Å². The minimum Gasteiger partial charge on any atom is -0.334 e. The number of benzene rings is 2. The Morgan fingerprint density at radius 2 is 1.82 bits per heavy atom. The number of nitro groups is 1. The van der Waals surface area contributed by atoms with Crippen molar-refractivity contribution in [3.8, 4) is 0 Å². The summed E-state index contributed by atoms with van der Waals surface area (Å²) < 4.78 is 0. The highest BCUT2D eigenvalue weighted by Crippen LogP contribution is 2.31. The average molecular weight is 399 g/mol. The second kappa shape index (κ2) is 8.31. The predicted octanol–water partition coefficient (Wildman–Crippen LogP) is 3.85. The number of nitrogens with one attached hydrogen (secondary N) is 3. The first-order chi connectivity index (χ1) is 13.5. The normalized spacial score (nSPS) is 10.2. The molecule has 142 valence electrons. The van der Waals surface area contributed by atoms with Gasteiger partial charge < -0.3 is 5.32 Å². The second-order valence-corrected chi connectivity index (χ2v) is 6.12. The van der Waals surface area contributed by atoms with Crippen LogP contribution in [0.25, 0.3) is 0 Å². The fourth-order valence-corrected chi connectivity index (χ4v) is 2.50. The summed E-state index contributed by atoms with van der Waals surface area (Å²) in [7, 11) is 0. The van der Waals surface area contributed by atoms with E-state index >= 15 is 0 Å². The number of aromatic nitrogens is 2. The fourth-order valence-electron chi connectivity index (χ4n) is 2.32. The number of carbonyl (C=O) groups excluding carboxylic acids is 1. The summed E-state index contributed by atoms with van der Waals surface area (Å²) >= 11 is 6.09. The van der Waals surface area contributed by atoms with Crippen molar-refractivity contribution in [1.29, 1.82) is 0 Å². The van der Waals surface area contributed by atoms with Crippen molar-refractivity contribution in [2.75, 3.05) is 10.7 Å². The molecule has 0 saturated carbocycles. The molecule has 0 atom stereocenters. The smallest absolute Gasteiger partial charge is 0.334 e. The maximum absolute atomic E-state index is 12.1. The number of hydrogen-bond acceptors (Lipinski definition) is 7. The number of halogens is 1. The van der Waals surface area contributed by atoms with E-state index in [4.69, 9.17) is 11.6 Å². The summed E-state index contributed by atoms with van der Waals surface area (Å²) in [6.07, 6.45) is 1.14. The molecular formula is C18H15ClN6O3. The molecule has 3 aromatic rings. The Balaban J connectivity index is 1.84. The molecule has 10 heteroatoms. The summed E-state index contributed by atoms with van der Waals surface area (Å²) in [5.74, 6) is -0.672. The number of anilines is 3. The van der Waals surface area contributed by atoms with E-state index in [9.17, 15) is 14.9 Å². The van der Waals surface area contributed by atoms with Crippen LogP contribution in [0.2, 0.25) is 5.02 Å². The van der Waals surface area contributed by atoms with Crippen molar-refractivity contribution in [2.45, 2.75) is 6.92 Å². The number of aryl methyl sites for hydroxylation is 1. The van der Waals surface area contributed by atoms with Gasteiger partial charge in [0, 0.05) is 16.3 Å². The summed E-state index contributed by atoms with van der Waals surface area (Å²) in [6, 6.07) is 13.5. The van der Waals surface area contributed by atoms with Crippen molar-refractivity contribution < 1.29 is 9.72 Å². The molecule has 1 aromatic heterocycles. The molecule has 2 aromatic carbocycles. The largest absolute Gasteiger partial charge is 0.355 e. The van der Waals surface area contributed by atoms with Gasteiger partial charge in [-0.25, -0.2) is 9.97 Å². The molecule has 0 unspecified atom stereocenters. The number of carbonyl (C=O) groups is 1. The maximum atomic E-state index is 12.1. The zero-order valence-electron chi connectivity index (χ0n) is 14.6. The van der Waals surface area contributed by atoms with Crippen LogP contribution in [0.5, 0.6) is 0 Å². The summed E-state index contributed by atoms with van der Waals surface area (Å²) in [6.45, 7) is 1.84. The van der Waals surface area contributed by atoms with Crippen LogP contribution in [0, 0.1) is 17.0 Å². The summed E-state index contributed by atoms with van der Waals surface area (Å²) in [4.78, 5) is 30.8. The summed E-state index contributed by atoms with van der Waals surface area (Å²) in [5.41, 5.74) is 6.23. The molecule has 0 aliphatic heterocycles. The highest BCUT2D eigenvalue weighted by atomic mass is 35.5. The van der Waals surface area contributed by atoms with E-state index in [0.717, 1.165) is 11.9 Å². The molecule has 1 amide bonds. The minimum absolute atomic E-state index is 0.0450. The minimum atomic E-state index is -0.644. The highest BCUT2D eigenvalue weighted by molar-refractivity contribution is 6.31. The lowest BCUT2D eigenvalue weighted by molar-refractivity contribution is -0.383. The third-order valence-electron chi connectivity index (χ3n) is 3.77. The number of hydrogen-bond donors (Lipinski definition) is 3. The molecule has 0 spiro atoms. The molecule has 0 aliphatic rings. The molecule has 3 rings (SSSR count). The van der Waals surface area contributed by atoms with Crippen molar-refractivity contribution in [3.05, 3.63) is 81.1 Å². The predicted molar refractivity (Wildman–Crippen MR) is 106 cm³/mol. The van der Waals surface area contributed by atoms with Gasteiger partial charge >= 0.3 is 5.69 Å². The van der Waals surface area contributed by atoms with Gasteiger partial charge in [-0.2, -0.15) is 0 Å². The molecule has 0 radical (unpaired) electrons. The van der Waals surface area contributed by atoms with Crippen LogP contribution in [0.3, 0.4) is 0 Å². The Labute approximate surface area is 164 Å². The Morgan fingerprint density at radius 1 is 1.11 bits per heavy atom. The molecule has 0 fully saturated rings.